The van der Waals surface area contributed by atoms with Crippen LogP contribution in [0.25, 0.3) is 5.57 Å². The zero-order valence-corrected chi connectivity index (χ0v) is 16.8. The van der Waals surface area contributed by atoms with Crippen molar-refractivity contribution in [3.05, 3.63) is 70.9 Å². The number of sulfonamides is 1. The molecule has 3 N–H and O–H groups in total. The van der Waals surface area contributed by atoms with Crippen LogP contribution in [0, 0.1) is 6.92 Å². The molecule has 0 aliphatic carbocycles. The van der Waals surface area contributed by atoms with Crippen molar-refractivity contribution in [1.29, 1.82) is 0 Å². The molecule has 0 fully saturated rings. The highest BCUT2D eigenvalue weighted by Crippen LogP contribution is 2.44. The first-order chi connectivity index (χ1) is 13.1. The van der Waals surface area contributed by atoms with Crippen LogP contribution in [0.15, 0.2) is 59.1 Å². The Morgan fingerprint density at radius 1 is 1.11 bits per heavy atom. The maximum absolute atomic E-state index is 12.1. The van der Waals surface area contributed by atoms with Gasteiger partial charge in [0.2, 0.25) is 10.0 Å². The number of benzene rings is 2. The van der Waals surface area contributed by atoms with Crippen molar-refractivity contribution in [2.24, 2.45) is 5.14 Å². The molecule has 3 rings (SSSR count). The van der Waals surface area contributed by atoms with Crippen LogP contribution in [0.1, 0.15) is 29.7 Å². The average molecular weight is 401 g/mol. The summed E-state index contributed by atoms with van der Waals surface area (Å²) >= 11 is 0. The van der Waals surface area contributed by atoms with Crippen molar-refractivity contribution in [1.82, 2.24) is 10.0 Å². The normalized spacial score (nSPS) is 18.0. The number of hydrazine groups is 1. The van der Waals surface area contributed by atoms with E-state index >= 15 is 0 Å². The minimum atomic E-state index is -3.80. The van der Waals surface area contributed by atoms with E-state index in [-0.39, 0.29) is 16.6 Å². The second kappa shape index (κ2) is 7.38. The van der Waals surface area contributed by atoms with Gasteiger partial charge in [0, 0.05) is 19.2 Å². The molecule has 0 spiro atoms. The minimum absolute atomic E-state index is 0.0172. The van der Waals surface area contributed by atoms with Crippen LogP contribution in [0.4, 0.5) is 0 Å². The van der Waals surface area contributed by atoms with Crippen molar-refractivity contribution in [2.45, 2.75) is 24.8 Å². The second-order valence-electron chi connectivity index (χ2n) is 6.74. The number of aliphatic carboxylic acids is 1. The van der Waals surface area contributed by atoms with E-state index in [1.54, 1.807) is 17.1 Å². The molecule has 1 unspecified atom stereocenters. The molecule has 0 aromatic heterocycles. The Hall–Kier alpha value is -2.68. The Morgan fingerprint density at radius 3 is 2.14 bits per heavy atom. The highest BCUT2D eigenvalue weighted by atomic mass is 32.2. The number of nitrogens with two attached hydrogens (primary N) is 1. The third-order valence-corrected chi connectivity index (χ3v) is 5.86. The fourth-order valence-corrected chi connectivity index (χ4v) is 4.12. The molecule has 148 valence electrons. The molecule has 0 radical (unpaired) electrons. The number of carboxylic acid groups (broad SMARTS) is 1. The molecule has 1 atom stereocenters. The van der Waals surface area contributed by atoms with Crippen LogP contribution in [0.3, 0.4) is 0 Å². The molecule has 0 saturated carbocycles. The maximum atomic E-state index is 12.1. The third kappa shape index (κ3) is 3.54. The number of hydrogen-bond donors (Lipinski definition) is 2. The van der Waals surface area contributed by atoms with Gasteiger partial charge in [0.1, 0.15) is 5.70 Å². The largest absolute Gasteiger partial charge is 0.477 e. The summed E-state index contributed by atoms with van der Waals surface area (Å²) in [6.07, 6.45) is 0. The fraction of sp³-hybridized carbons (Fsp3) is 0.250. The van der Waals surface area contributed by atoms with Gasteiger partial charge < -0.3 is 5.11 Å². The molecule has 0 amide bonds. The van der Waals surface area contributed by atoms with Crippen LogP contribution >= 0.6 is 0 Å². The number of carboxylic acids is 1. The number of carbonyl (C=O) groups is 1. The summed E-state index contributed by atoms with van der Waals surface area (Å²) in [5.41, 5.74) is 3.55. The minimum Gasteiger partial charge on any atom is -0.477 e. The Kier molecular flexibility index (Phi) is 5.29. The molecule has 0 saturated heterocycles. The smallest absolute Gasteiger partial charge is 0.353 e. The number of hydrogen-bond acceptors (Lipinski definition) is 5. The molecule has 2 aromatic carbocycles. The van der Waals surface area contributed by atoms with Crippen LogP contribution in [0.5, 0.6) is 0 Å². The lowest BCUT2D eigenvalue weighted by Crippen LogP contribution is -2.37. The van der Waals surface area contributed by atoms with Crippen molar-refractivity contribution in [3.8, 4) is 0 Å². The van der Waals surface area contributed by atoms with Gasteiger partial charge in [-0.1, -0.05) is 42.0 Å². The number of rotatable bonds is 5. The van der Waals surface area contributed by atoms with Crippen LogP contribution in [0.2, 0.25) is 0 Å². The molecule has 28 heavy (non-hydrogen) atoms. The summed E-state index contributed by atoms with van der Waals surface area (Å²) in [5, 5.41) is 18.7. The van der Waals surface area contributed by atoms with Gasteiger partial charge >= 0.3 is 5.97 Å². The molecule has 0 bridgehead atoms. The van der Waals surface area contributed by atoms with Crippen molar-refractivity contribution in [2.75, 3.05) is 13.6 Å². The van der Waals surface area contributed by atoms with E-state index in [1.165, 1.54) is 12.1 Å². The predicted octanol–water partition coefficient (Wildman–Crippen LogP) is 2.36. The van der Waals surface area contributed by atoms with Gasteiger partial charge in [0.25, 0.3) is 0 Å². The highest BCUT2D eigenvalue weighted by Gasteiger charge is 2.40. The standard InChI is InChI=1S/C20H23N3O4S/c1-4-23-19(20(24)25)17(14-7-5-13(2)6-8-14)18(22(23)3)15-9-11-16(12-10-15)28(21,26)27/h5-12,18H,4H2,1-3H3,(H,24,25)(H2,21,26,27). The molecule has 1 aliphatic rings. The van der Waals surface area contributed by atoms with Crippen molar-refractivity contribution >= 4 is 21.6 Å². The lowest BCUT2D eigenvalue weighted by Gasteiger charge is -2.31. The summed E-state index contributed by atoms with van der Waals surface area (Å²) in [7, 11) is -1.97. The molecule has 8 heteroatoms. The molecular formula is C20H23N3O4S. The first-order valence-electron chi connectivity index (χ1n) is 8.82. The summed E-state index contributed by atoms with van der Waals surface area (Å²) in [6.45, 7) is 4.34. The van der Waals surface area contributed by atoms with Gasteiger partial charge in [-0.25, -0.2) is 23.4 Å². The zero-order valence-electron chi connectivity index (χ0n) is 16.0. The quantitative estimate of drug-likeness (QED) is 0.797. The highest BCUT2D eigenvalue weighted by molar-refractivity contribution is 7.89. The van der Waals surface area contributed by atoms with E-state index < -0.39 is 16.0 Å². The van der Waals surface area contributed by atoms with Gasteiger partial charge in [-0.3, -0.25) is 5.01 Å². The second-order valence-corrected chi connectivity index (χ2v) is 8.30. The summed E-state index contributed by atoms with van der Waals surface area (Å²) in [5.74, 6) is -1.01. The number of nitrogens with zero attached hydrogens (tertiary/aromatic N) is 2. The zero-order chi connectivity index (χ0) is 20.6. The maximum Gasteiger partial charge on any atom is 0.353 e. The van der Waals surface area contributed by atoms with E-state index in [4.69, 9.17) is 5.14 Å². The number of likely N-dealkylation sites (N-methyl/N-ethyl adjacent to an activating group) is 2. The predicted molar refractivity (Wildman–Crippen MR) is 106 cm³/mol. The summed E-state index contributed by atoms with van der Waals surface area (Å²) < 4.78 is 23.1. The average Bonchev–Trinajstić information content (AvgIpc) is 2.94. The SMILES string of the molecule is CCN1C(C(=O)O)=C(c2ccc(C)cc2)C(c2ccc(S(N)(=O)=O)cc2)N1C. The van der Waals surface area contributed by atoms with E-state index in [0.717, 1.165) is 16.7 Å². The Bertz CT molecular complexity index is 1030. The van der Waals surface area contributed by atoms with E-state index in [0.29, 0.717) is 12.1 Å². The first kappa shape index (κ1) is 20.1. The number of aryl methyl sites for hydroxylation is 1. The molecular weight excluding hydrogens is 378 g/mol. The third-order valence-electron chi connectivity index (χ3n) is 4.93. The Morgan fingerprint density at radius 2 is 1.68 bits per heavy atom. The van der Waals surface area contributed by atoms with Crippen molar-refractivity contribution < 1.29 is 18.3 Å². The van der Waals surface area contributed by atoms with Gasteiger partial charge in [-0.2, -0.15) is 0 Å². The summed E-state index contributed by atoms with van der Waals surface area (Å²) in [6, 6.07) is 13.6. The Balaban J connectivity index is 2.19. The van der Waals surface area contributed by atoms with E-state index in [2.05, 4.69) is 0 Å². The van der Waals surface area contributed by atoms with Crippen LogP contribution in [-0.2, 0) is 14.8 Å². The molecule has 1 heterocycles. The molecule has 2 aromatic rings. The lowest BCUT2D eigenvalue weighted by molar-refractivity contribution is -0.136. The molecule has 7 nitrogen and oxygen atoms in total. The number of primary sulfonamides is 1. The first-order valence-corrected chi connectivity index (χ1v) is 10.4. The van der Waals surface area contributed by atoms with Gasteiger partial charge in [0.15, 0.2) is 0 Å². The topological polar surface area (TPSA) is 104 Å². The van der Waals surface area contributed by atoms with Gasteiger partial charge in [0.05, 0.1) is 10.9 Å². The van der Waals surface area contributed by atoms with E-state index in [1.807, 2.05) is 50.2 Å². The van der Waals surface area contributed by atoms with Crippen LogP contribution < -0.4 is 5.14 Å². The van der Waals surface area contributed by atoms with Gasteiger partial charge in [-0.15, -0.1) is 0 Å². The monoisotopic (exact) mass is 401 g/mol. The Labute approximate surface area is 164 Å². The van der Waals surface area contributed by atoms with Crippen molar-refractivity contribution in [3.63, 3.8) is 0 Å². The summed E-state index contributed by atoms with van der Waals surface area (Å²) in [4.78, 5) is 12.1. The van der Waals surface area contributed by atoms with Crippen LogP contribution in [-0.4, -0.2) is 43.1 Å². The molecule has 1 aliphatic heterocycles. The fourth-order valence-electron chi connectivity index (χ4n) is 3.61. The van der Waals surface area contributed by atoms with E-state index in [9.17, 15) is 18.3 Å². The lowest BCUT2D eigenvalue weighted by atomic mass is 9.92. The van der Waals surface area contributed by atoms with Gasteiger partial charge in [-0.05, 0) is 37.1 Å².